The molecule has 0 aliphatic rings. The summed E-state index contributed by atoms with van der Waals surface area (Å²) < 4.78 is 1.56. The summed E-state index contributed by atoms with van der Waals surface area (Å²) in [6.45, 7) is 3.84. The van der Waals surface area contributed by atoms with Gasteiger partial charge in [-0.1, -0.05) is 6.07 Å². The Bertz CT molecular complexity index is 584. The van der Waals surface area contributed by atoms with E-state index in [1.165, 1.54) is 6.33 Å². The predicted molar refractivity (Wildman–Crippen MR) is 82.7 cm³/mol. The average molecular weight is 311 g/mol. The number of carbonyl (C=O) groups is 1. The van der Waals surface area contributed by atoms with Crippen LogP contribution in [0, 0.1) is 6.92 Å². The van der Waals surface area contributed by atoms with Crippen LogP contribution < -0.4 is 11.1 Å². The maximum atomic E-state index is 11.8. The molecule has 8 heteroatoms. The molecule has 0 aliphatic heterocycles. The molecule has 1 amide bonds. The summed E-state index contributed by atoms with van der Waals surface area (Å²) in [7, 11) is 0. The molecule has 0 fully saturated rings. The van der Waals surface area contributed by atoms with Gasteiger partial charge >= 0.3 is 0 Å². The lowest BCUT2D eigenvalue weighted by Gasteiger charge is -2.10. The van der Waals surface area contributed by atoms with Gasteiger partial charge in [0.1, 0.15) is 6.33 Å². The second kappa shape index (κ2) is 7.70. The minimum atomic E-state index is -0.0474. The van der Waals surface area contributed by atoms with E-state index in [0.29, 0.717) is 12.8 Å². The summed E-state index contributed by atoms with van der Waals surface area (Å²) in [6, 6.07) is 5.64. The Morgan fingerprint density at radius 3 is 2.86 bits per heavy atom. The van der Waals surface area contributed by atoms with Crippen LogP contribution in [0.3, 0.4) is 0 Å². The van der Waals surface area contributed by atoms with Gasteiger partial charge in [-0.15, -0.1) is 17.5 Å². The van der Waals surface area contributed by atoms with E-state index in [-0.39, 0.29) is 24.4 Å². The zero-order valence-electron chi connectivity index (χ0n) is 12.0. The molecule has 7 nitrogen and oxygen atoms in total. The minimum absolute atomic E-state index is 0. The van der Waals surface area contributed by atoms with E-state index in [1.807, 2.05) is 32.0 Å². The summed E-state index contributed by atoms with van der Waals surface area (Å²) in [6.07, 6.45) is 2.59. The first-order valence-corrected chi connectivity index (χ1v) is 6.45. The van der Waals surface area contributed by atoms with Gasteiger partial charge in [0.15, 0.2) is 0 Å². The molecule has 0 radical (unpaired) electrons. The van der Waals surface area contributed by atoms with Gasteiger partial charge in [-0.25, -0.2) is 4.68 Å². The summed E-state index contributed by atoms with van der Waals surface area (Å²) in [5.41, 5.74) is 8.21. The second-order valence-electron chi connectivity index (χ2n) is 4.82. The third-order valence-corrected chi connectivity index (χ3v) is 2.92. The van der Waals surface area contributed by atoms with Crippen molar-refractivity contribution in [1.82, 2.24) is 20.2 Å². The molecule has 0 saturated heterocycles. The first kappa shape index (κ1) is 17.1. The number of hydrogen-bond acceptors (Lipinski definition) is 5. The highest BCUT2D eigenvalue weighted by Crippen LogP contribution is 2.18. The Balaban J connectivity index is 0.00000220. The van der Waals surface area contributed by atoms with Gasteiger partial charge < -0.3 is 11.1 Å². The highest BCUT2D eigenvalue weighted by Gasteiger charge is 2.07. The average Bonchev–Trinajstić information content (AvgIpc) is 2.92. The summed E-state index contributed by atoms with van der Waals surface area (Å²) >= 11 is 0. The topological polar surface area (TPSA) is 98.7 Å². The molecule has 1 aromatic heterocycles. The van der Waals surface area contributed by atoms with E-state index >= 15 is 0 Å². The third kappa shape index (κ3) is 4.80. The van der Waals surface area contributed by atoms with Gasteiger partial charge in [-0.3, -0.25) is 4.79 Å². The molecule has 3 N–H and O–H groups in total. The number of rotatable bonds is 5. The number of hydrogen-bond donors (Lipinski definition) is 2. The zero-order valence-corrected chi connectivity index (χ0v) is 12.8. The Morgan fingerprint density at radius 2 is 2.24 bits per heavy atom. The van der Waals surface area contributed by atoms with E-state index in [4.69, 9.17) is 5.73 Å². The number of aryl methyl sites for hydroxylation is 1. The van der Waals surface area contributed by atoms with Crippen LogP contribution >= 0.6 is 12.4 Å². The van der Waals surface area contributed by atoms with Gasteiger partial charge in [0, 0.05) is 18.2 Å². The number of nitrogens with two attached hydrogens (primary N) is 1. The summed E-state index contributed by atoms with van der Waals surface area (Å²) in [5.74, 6) is -0.0474. The zero-order chi connectivity index (χ0) is 14.5. The molecule has 0 aliphatic carbocycles. The molecule has 1 aromatic carbocycles. The van der Waals surface area contributed by atoms with E-state index in [2.05, 4.69) is 20.8 Å². The fourth-order valence-corrected chi connectivity index (χ4v) is 1.79. The van der Waals surface area contributed by atoms with Gasteiger partial charge in [-0.05, 0) is 48.4 Å². The first-order chi connectivity index (χ1) is 9.56. The number of anilines is 1. The maximum Gasteiger partial charge on any atom is 0.224 e. The number of tetrazole rings is 1. The fraction of sp³-hybridized carbons (Fsp3) is 0.385. The molecule has 0 spiro atoms. The normalized spacial score (nSPS) is 11.6. The third-order valence-electron chi connectivity index (χ3n) is 2.92. The van der Waals surface area contributed by atoms with Crippen molar-refractivity contribution in [1.29, 1.82) is 0 Å². The number of aromatic nitrogens is 4. The van der Waals surface area contributed by atoms with E-state index in [0.717, 1.165) is 16.9 Å². The highest BCUT2D eigenvalue weighted by molar-refractivity contribution is 5.91. The number of nitrogens with zero attached hydrogens (tertiary/aromatic N) is 4. The summed E-state index contributed by atoms with van der Waals surface area (Å²) in [5, 5.41) is 13.9. The van der Waals surface area contributed by atoms with E-state index < -0.39 is 0 Å². The molecular weight excluding hydrogens is 292 g/mol. The van der Waals surface area contributed by atoms with Gasteiger partial charge in [0.05, 0.1) is 5.69 Å². The number of nitrogens with one attached hydrogen (secondary N) is 1. The highest BCUT2D eigenvalue weighted by atomic mass is 35.5. The minimum Gasteiger partial charge on any atom is -0.328 e. The monoisotopic (exact) mass is 310 g/mol. The van der Waals surface area contributed by atoms with Crippen LogP contribution in [0.5, 0.6) is 0 Å². The van der Waals surface area contributed by atoms with Crippen LogP contribution in [-0.4, -0.2) is 32.2 Å². The van der Waals surface area contributed by atoms with Crippen LogP contribution in [0.4, 0.5) is 5.69 Å². The predicted octanol–water partition coefficient (Wildman–Crippen LogP) is 1.46. The van der Waals surface area contributed by atoms with E-state index in [1.54, 1.807) is 4.68 Å². The molecule has 21 heavy (non-hydrogen) atoms. The van der Waals surface area contributed by atoms with Gasteiger partial charge in [0.2, 0.25) is 5.91 Å². The van der Waals surface area contributed by atoms with Crippen molar-refractivity contribution in [3.8, 4) is 5.69 Å². The van der Waals surface area contributed by atoms with E-state index in [9.17, 15) is 4.79 Å². The van der Waals surface area contributed by atoms with Crippen LogP contribution in [-0.2, 0) is 4.79 Å². The number of halogens is 1. The Labute approximate surface area is 129 Å². The molecule has 114 valence electrons. The smallest absolute Gasteiger partial charge is 0.224 e. The van der Waals surface area contributed by atoms with Crippen molar-refractivity contribution in [2.45, 2.75) is 32.7 Å². The van der Waals surface area contributed by atoms with Crippen LogP contribution in [0.25, 0.3) is 5.69 Å². The van der Waals surface area contributed by atoms with Crippen molar-refractivity contribution < 1.29 is 4.79 Å². The molecule has 2 rings (SSSR count). The molecule has 2 aromatic rings. The molecule has 1 heterocycles. The quantitative estimate of drug-likeness (QED) is 0.871. The first-order valence-electron chi connectivity index (χ1n) is 6.45. The van der Waals surface area contributed by atoms with Crippen molar-refractivity contribution >= 4 is 24.0 Å². The fourth-order valence-electron chi connectivity index (χ4n) is 1.79. The van der Waals surface area contributed by atoms with Crippen molar-refractivity contribution in [2.75, 3.05) is 5.32 Å². The standard InChI is InChI=1S/C13H18N6O.ClH/c1-9-3-5-11(16-13(20)6-4-10(2)14)7-12(9)19-8-15-17-18-19;/h3,5,7-8,10H,4,6,14H2,1-2H3,(H,16,20);1H. The number of carbonyl (C=O) groups excluding carboxylic acids is 1. The molecule has 0 bridgehead atoms. The summed E-state index contributed by atoms with van der Waals surface area (Å²) in [4.78, 5) is 11.8. The Hall–Kier alpha value is -1.99. The second-order valence-corrected chi connectivity index (χ2v) is 4.82. The van der Waals surface area contributed by atoms with Crippen molar-refractivity contribution in [2.24, 2.45) is 5.73 Å². The number of amides is 1. The Kier molecular flexibility index (Phi) is 6.26. The SMILES string of the molecule is Cc1ccc(NC(=O)CCC(C)N)cc1-n1cnnn1.Cl. The van der Waals surface area contributed by atoms with Crippen molar-refractivity contribution in [3.05, 3.63) is 30.1 Å². The van der Waals surface area contributed by atoms with Crippen LogP contribution in [0.1, 0.15) is 25.3 Å². The van der Waals surface area contributed by atoms with Crippen molar-refractivity contribution in [3.63, 3.8) is 0 Å². The molecule has 0 saturated carbocycles. The molecule has 1 unspecified atom stereocenters. The van der Waals surface area contributed by atoms with Gasteiger partial charge in [0.25, 0.3) is 0 Å². The lowest BCUT2D eigenvalue weighted by molar-refractivity contribution is -0.116. The maximum absolute atomic E-state index is 11.8. The molecule has 1 atom stereocenters. The largest absolute Gasteiger partial charge is 0.328 e. The lowest BCUT2D eigenvalue weighted by atomic mass is 10.1. The Morgan fingerprint density at radius 1 is 1.48 bits per heavy atom. The van der Waals surface area contributed by atoms with Crippen LogP contribution in [0.2, 0.25) is 0 Å². The van der Waals surface area contributed by atoms with Gasteiger partial charge in [-0.2, -0.15) is 0 Å². The number of benzene rings is 1. The molecular formula is C13H19ClN6O. The lowest BCUT2D eigenvalue weighted by Crippen LogP contribution is -2.19. The van der Waals surface area contributed by atoms with Crippen LogP contribution in [0.15, 0.2) is 24.5 Å².